The van der Waals surface area contributed by atoms with Crippen molar-refractivity contribution in [2.45, 2.75) is 18.7 Å². The van der Waals surface area contributed by atoms with E-state index in [4.69, 9.17) is 9.57 Å². The number of urea groups is 1. The van der Waals surface area contributed by atoms with Gasteiger partial charge >= 0.3 is 12.0 Å². The number of benzene rings is 2. The van der Waals surface area contributed by atoms with Crippen LogP contribution in [0.2, 0.25) is 0 Å². The van der Waals surface area contributed by atoms with Gasteiger partial charge in [0.1, 0.15) is 18.3 Å². The Balaban J connectivity index is 1.50. The van der Waals surface area contributed by atoms with Crippen LogP contribution in [0.4, 0.5) is 4.79 Å². The lowest BCUT2D eigenvalue weighted by Gasteiger charge is -2.27. The van der Waals surface area contributed by atoms with Crippen molar-refractivity contribution < 1.29 is 24.0 Å². The smallest absolute Gasteiger partial charge is 0.345 e. The van der Waals surface area contributed by atoms with E-state index in [9.17, 15) is 14.4 Å². The molecule has 1 fully saturated rings. The fourth-order valence-electron chi connectivity index (χ4n) is 4.09. The Labute approximate surface area is 183 Å². The number of amides is 2. The highest BCUT2D eigenvalue weighted by molar-refractivity contribution is 5.95. The SMILES string of the molecule is COC(=O)C1c2nn(C(=O)c3ccccc3)cc2C2CN1C(=O)N2OCc1ccccc1. The Morgan fingerprint density at radius 2 is 1.75 bits per heavy atom. The van der Waals surface area contributed by atoms with Crippen LogP contribution in [-0.2, 0) is 21.0 Å². The number of hydrogen-bond acceptors (Lipinski definition) is 6. The zero-order valence-corrected chi connectivity index (χ0v) is 17.2. The van der Waals surface area contributed by atoms with Crippen LogP contribution < -0.4 is 0 Å². The predicted molar refractivity (Wildman–Crippen MR) is 111 cm³/mol. The van der Waals surface area contributed by atoms with Crippen molar-refractivity contribution in [1.82, 2.24) is 19.7 Å². The van der Waals surface area contributed by atoms with Crippen LogP contribution in [0.25, 0.3) is 0 Å². The molecule has 3 heterocycles. The number of hydrogen-bond donors (Lipinski definition) is 0. The molecule has 1 aromatic heterocycles. The number of rotatable bonds is 5. The molecule has 1 saturated heterocycles. The summed E-state index contributed by atoms with van der Waals surface area (Å²) in [6, 6.07) is 16.2. The number of ether oxygens (including phenoxy) is 1. The summed E-state index contributed by atoms with van der Waals surface area (Å²) in [5.74, 6) is -0.960. The van der Waals surface area contributed by atoms with Gasteiger partial charge in [-0.25, -0.2) is 14.3 Å². The molecule has 162 valence electrons. The summed E-state index contributed by atoms with van der Waals surface area (Å²) in [5, 5.41) is 5.65. The van der Waals surface area contributed by atoms with E-state index in [1.165, 1.54) is 21.8 Å². The number of methoxy groups -OCH3 is 1. The van der Waals surface area contributed by atoms with Gasteiger partial charge in [-0.05, 0) is 17.7 Å². The summed E-state index contributed by atoms with van der Waals surface area (Å²) >= 11 is 0. The second-order valence-electron chi connectivity index (χ2n) is 7.55. The predicted octanol–water partition coefficient (Wildman–Crippen LogP) is 2.71. The summed E-state index contributed by atoms with van der Waals surface area (Å²) in [6.45, 7) is 0.415. The molecule has 0 aliphatic carbocycles. The topological polar surface area (TPSA) is 94.0 Å². The zero-order valence-electron chi connectivity index (χ0n) is 17.2. The lowest BCUT2D eigenvalue weighted by atomic mass is 9.98. The van der Waals surface area contributed by atoms with E-state index in [2.05, 4.69) is 5.10 Å². The average Bonchev–Trinajstić information content (AvgIpc) is 3.40. The number of fused-ring (bicyclic) bond motifs is 4. The quantitative estimate of drug-likeness (QED) is 0.576. The highest BCUT2D eigenvalue weighted by atomic mass is 16.7. The van der Waals surface area contributed by atoms with Crippen LogP contribution in [0, 0.1) is 0 Å². The molecular formula is C23H20N4O5. The van der Waals surface area contributed by atoms with Crippen molar-refractivity contribution in [2.75, 3.05) is 13.7 Å². The van der Waals surface area contributed by atoms with Gasteiger partial charge in [-0.2, -0.15) is 10.2 Å². The largest absolute Gasteiger partial charge is 0.467 e. The molecule has 0 spiro atoms. The second-order valence-corrected chi connectivity index (χ2v) is 7.55. The fraction of sp³-hybridized carbons (Fsp3) is 0.217. The maximum absolute atomic E-state index is 13.1. The van der Waals surface area contributed by atoms with Crippen molar-refractivity contribution in [1.29, 1.82) is 0 Å². The third kappa shape index (κ3) is 3.23. The molecule has 2 amide bonds. The van der Waals surface area contributed by atoms with Gasteiger partial charge in [-0.3, -0.25) is 9.63 Å². The van der Waals surface area contributed by atoms with E-state index in [-0.39, 0.29) is 19.1 Å². The first-order valence-electron chi connectivity index (χ1n) is 10.1. The molecule has 2 aromatic carbocycles. The van der Waals surface area contributed by atoms with E-state index in [1.807, 2.05) is 36.4 Å². The first-order valence-corrected chi connectivity index (χ1v) is 10.1. The highest BCUT2D eigenvalue weighted by Crippen LogP contribution is 2.44. The maximum Gasteiger partial charge on any atom is 0.345 e. The minimum atomic E-state index is -1.05. The van der Waals surface area contributed by atoms with Crippen molar-refractivity contribution in [2.24, 2.45) is 0 Å². The highest BCUT2D eigenvalue weighted by Gasteiger charge is 2.53. The average molecular weight is 432 g/mol. The van der Waals surface area contributed by atoms with Crippen molar-refractivity contribution in [3.63, 3.8) is 0 Å². The van der Waals surface area contributed by atoms with E-state index in [0.29, 0.717) is 16.8 Å². The molecule has 0 saturated carbocycles. The molecular weight excluding hydrogens is 412 g/mol. The number of carbonyl (C=O) groups excluding carboxylic acids is 3. The first-order chi connectivity index (χ1) is 15.6. The minimum absolute atomic E-state index is 0.187. The lowest BCUT2D eigenvalue weighted by molar-refractivity contribution is -0.146. The summed E-state index contributed by atoms with van der Waals surface area (Å²) in [6.07, 6.45) is 1.57. The van der Waals surface area contributed by atoms with Gasteiger partial charge in [0.05, 0.1) is 13.7 Å². The second kappa shape index (κ2) is 7.93. The Kier molecular flexibility index (Phi) is 4.95. The molecule has 2 aliphatic rings. The summed E-state index contributed by atoms with van der Waals surface area (Å²) in [4.78, 5) is 45.8. The van der Waals surface area contributed by atoms with Crippen LogP contribution in [0.1, 0.15) is 39.3 Å². The molecule has 32 heavy (non-hydrogen) atoms. The Morgan fingerprint density at radius 1 is 1.06 bits per heavy atom. The van der Waals surface area contributed by atoms with Crippen molar-refractivity contribution in [3.8, 4) is 0 Å². The summed E-state index contributed by atoms with van der Waals surface area (Å²) in [7, 11) is 1.25. The van der Waals surface area contributed by atoms with E-state index >= 15 is 0 Å². The Hall–Kier alpha value is -3.98. The zero-order chi connectivity index (χ0) is 22.2. The van der Waals surface area contributed by atoms with Crippen molar-refractivity contribution >= 4 is 17.9 Å². The van der Waals surface area contributed by atoms with Gasteiger partial charge in [0.2, 0.25) is 0 Å². The van der Waals surface area contributed by atoms with Gasteiger partial charge in [0.25, 0.3) is 5.91 Å². The third-order valence-electron chi connectivity index (χ3n) is 5.66. The molecule has 2 bridgehead atoms. The number of esters is 1. The monoisotopic (exact) mass is 432 g/mol. The first kappa shape index (κ1) is 20.0. The van der Waals surface area contributed by atoms with E-state index < -0.39 is 24.1 Å². The van der Waals surface area contributed by atoms with Crippen LogP contribution >= 0.6 is 0 Å². The van der Waals surface area contributed by atoms with Gasteiger partial charge in [-0.15, -0.1) is 0 Å². The number of nitrogens with zero attached hydrogens (tertiary/aromatic N) is 4. The van der Waals surface area contributed by atoms with Gasteiger partial charge in [-0.1, -0.05) is 48.5 Å². The Bertz CT molecular complexity index is 1180. The molecule has 0 N–H and O–H groups in total. The Morgan fingerprint density at radius 3 is 2.44 bits per heavy atom. The summed E-state index contributed by atoms with van der Waals surface area (Å²) in [5.41, 5.74) is 2.26. The number of hydroxylamine groups is 2. The standard InChI is InChI=1S/C23H20N4O5/c1-31-22(29)20-19-17(12-26(24-19)21(28)16-10-6-3-7-11-16)18-13-25(20)23(30)27(18)32-14-15-8-4-2-5-9-15/h2-12,18,20H,13-14H2,1H3. The van der Waals surface area contributed by atoms with Crippen molar-refractivity contribution in [3.05, 3.63) is 89.2 Å². The fourth-order valence-corrected chi connectivity index (χ4v) is 4.09. The molecule has 2 aliphatic heterocycles. The molecule has 2 atom stereocenters. The molecule has 5 rings (SSSR count). The number of carbonyl (C=O) groups is 3. The van der Waals surface area contributed by atoms with Crippen LogP contribution in [0.15, 0.2) is 66.9 Å². The lowest BCUT2D eigenvalue weighted by Crippen LogP contribution is -2.39. The van der Waals surface area contributed by atoms with E-state index in [1.54, 1.807) is 30.5 Å². The van der Waals surface area contributed by atoms with Gasteiger partial charge in [0, 0.05) is 17.3 Å². The summed E-state index contributed by atoms with van der Waals surface area (Å²) < 4.78 is 6.14. The molecule has 2 unspecified atom stereocenters. The van der Waals surface area contributed by atoms with Gasteiger partial charge < -0.3 is 9.64 Å². The van der Waals surface area contributed by atoms with Gasteiger partial charge in [0.15, 0.2) is 6.04 Å². The number of aromatic nitrogens is 2. The molecule has 9 nitrogen and oxygen atoms in total. The van der Waals surface area contributed by atoms with Crippen LogP contribution in [0.3, 0.4) is 0 Å². The van der Waals surface area contributed by atoms with E-state index in [0.717, 1.165) is 5.56 Å². The normalized spacial score (nSPS) is 19.1. The van der Waals surface area contributed by atoms with Crippen LogP contribution in [0.5, 0.6) is 0 Å². The molecule has 0 radical (unpaired) electrons. The third-order valence-corrected chi connectivity index (χ3v) is 5.66. The maximum atomic E-state index is 13.1. The van der Waals surface area contributed by atoms with Crippen LogP contribution in [-0.4, -0.2) is 51.3 Å². The molecule has 3 aromatic rings. The molecule has 9 heteroatoms. The minimum Gasteiger partial charge on any atom is -0.467 e.